The number of carbonyl (C=O) groups excluding carboxylic acids is 1. The average molecular weight is 395 g/mol. The molecule has 0 spiro atoms. The van der Waals surface area contributed by atoms with E-state index in [4.69, 9.17) is 0 Å². The third-order valence-corrected chi connectivity index (χ3v) is 6.17. The van der Waals surface area contributed by atoms with Crippen LogP contribution in [0.15, 0.2) is 42.6 Å². The lowest BCUT2D eigenvalue weighted by Gasteiger charge is -2.35. The Labute approximate surface area is 172 Å². The Hall–Kier alpha value is -2.44. The second-order valence-corrected chi connectivity index (χ2v) is 8.22. The number of hydrogen-bond donors (Lipinski definition) is 2. The Morgan fingerprint density at radius 1 is 1.31 bits per heavy atom. The van der Waals surface area contributed by atoms with E-state index in [1.54, 1.807) is 12.3 Å². The van der Waals surface area contributed by atoms with Crippen LogP contribution in [0.5, 0.6) is 0 Å². The summed E-state index contributed by atoms with van der Waals surface area (Å²) >= 11 is 0. The lowest BCUT2D eigenvalue weighted by Crippen LogP contribution is -2.42. The number of nitrogens with one attached hydrogen (secondary N) is 1. The van der Waals surface area contributed by atoms with Crippen molar-refractivity contribution in [3.63, 3.8) is 0 Å². The fraction of sp³-hybridized carbons (Fsp3) is 0.478. The molecule has 0 saturated heterocycles. The number of pyridine rings is 1. The van der Waals surface area contributed by atoms with E-state index < -0.39 is 6.10 Å². The van der Waals surface area contributed by atoms with Crippen LogP contribution in [0.4, 0.5) is 5.82 Å². The molecule has 2 aliphatic rings. The molecule has 6 heteroatoms. The van der Waals surface area contributed by atoms with Crippen LogP contribution in [0.25, 0.3) is 0 Å². The second kappa shape index (κ2) is 8.93. The second-order valence-electron chi connectivity index (χ2n) is 8.22. The van der Waals surface area contributed by atoms with Crippen molar-refractivity contribution in [1.82, 2.24) is 15.2 Å². The Kier molecular flexibility index (Phi) is 6.11. The molecule has 1 fully saturated rings. The number of aliphatic hydroxyl groups is 1. The summed E-state index contributed by atoms with van der Waals surface area (Å²) in [6.07, 6.45) is 5.72. The van der Waals surface area contributed by atoms with Gasteiger partial charge in [0.05, 0.1) is 6.10 Å². The minimum absolute atomic E-state index is 0.168. The van der Waals surface area contributed by atoms with Crippen LogP contribution in [0, 0.1) is 0 Å². The maximum Gasteiger partial charge on any atom is 0.251 e. The summed E-state index contributed by atoms with van der Waals surface area (Å²) in [5, 5.41) is 13.3. The minimum atomic E-state index is -0.594. The zero-order valence-electron chi connectivity index (χ0n) is 17.1. The maximum atomic E-state index is 12.6. The van der Waals surface area contributed by atoms with Crippen molar-refractivity contribution in [3.05, 3.63) is 59.3 Å². The van der Waals surface area contributed by atoms with E-state index in [1.165, 1.54) is 30.4 Å². The lowest BCUT2D eigenvalue weighted by molar-refractivity contribution is 0.0842. The monoisotopic (exact) mass is 394 g/mol. The molecule has 29 heavy (non-hydrogen) atoms. The van der Waals surface area contributed by atoms with Gasteiger partial charge in [0.25, 0.3) is 5.91 Å². The molecule has 1 aromatic carbocycles. The fourth-order valence-corrected chi connectivity index (χ4v) is 4.10. The van der Waals surface area contributed by atoms with Gasteiger partial charge in [-0.2, -0.15) is 0 Å². The van der Waals surface area contributed by atoms with E-state index in [0.717, 1.165) is 25.3 Å². The Morgan fingerprint density at radius 2 is 2.10 bits per heavy atom. The molecular weight excluding hydrogens is 364 g/mol. The predicted molar refractivity (Wildman–Crippen MR) is 114 cm³/mol. The van der Waals surface area contributed by atoms with Gasteiger partial charge in [0.15, 0.2) is 0 Å². The lowest BCUT2D eigenvalue weighted by atomic mass is 9.92. The van der Waals surface area contributed by atoms with Gasteiger partial charge >= 0.3 is 0 Å². The smallest absolute Gasteiger partial charge is 0.251 e. The highest BCUT2D eigenvalue weighted by molar-refractivity contribution is 5.94. The SMILES string of the molecule is CN(c1cc(C(=O)NCC(O)CN2CCc3ccccc3C2)ccn1)C1CCC1. The van der Waals surface area contributed by atoms with Gasteiger partial charge in [-0.3, -0.25) is 9.69 Å². The number of aromatic nitrogens is 1. The van der Waals surface area contributed by atoms with Crippen LogP contribution < -0.4 is 10.2 Å². The van der Waals surface area contributed by atoms with Crippen molar-refractivity contribution >= 4 is 11.7 Å². The number of carbonyl (C=O) groups is 1. The number of β-amino-alcohol motifs (C(OH)–C–C–N with tert-alkyl or cyclic N) is 1. The molecule has 1 aromatic heterocycles. The molecule has 2 heterocycles. The highest BCUT2D eigenvalue weighted by Gasteiger charge is 2.24. The first-order chi connectivity index (χ1) is 14.1. The average Bonchev–Trinajstić information content (AvgIpc) is 2.70. The molecule has 1 aliphatic carbocycles. The van der Waals surface area contributed by atoms with Crippen molar-refractivity contribution < 1.29 is 9.90 Å². The number of amides is 1. The standard InChI is InChI=1S/C23H30N4O2/c1-26(20-7-4-8-20)22-13-18(9-11-24-22)23(29)25-14-21(28)16-27-12-10-17-5-2-3-6-19(17)15-27/h2-3,5-6,9,11,13,20-21,28H,4,7-8,10,12,14-16H2,1H3,(H,25,29). The highest BCUT2D eigenvalue weighted by atomic mass is 16.3. The zero-order valence-corrected chi connectivity index (χ0v) is 17.1. The minimum Gasteiger partial charge on any atom is -0.390 e. The molecule has 2 N–H and O–H groups in total. The Morgan fingerprint density at radius 3 is 2.86 bits per heavy atom. The number of rotatable bonds is 7. The van der Waals surface area contributed by atoms with Gasteiger partial charge in [-0.1, -0.05) is 24.3 Å². The molecule has 1 unspecified atom stereocenters. The molecule has 1 saturated carbocycles. The molecule has 2 aromatic rings. The molecule has 1 atom stereocenters. The number of benzene rings is 1. The van der Waals surface area contributed by atoms with Gasteiger partial charge in [-0.05, 0) is 48.9 Å². The van der Waals surface area contributed by atoms with E-state index in [-0.39, 0.29) is 12.5 Å². The van der Waals surface area contributed by atoms with Crippen molar-refractivity contribution in [1.29, 1.82) is 0 Å². The molecule has 4 rings (SSSR count). The molecule has 154 valence electrons. The summed E-state index contributed by atoms with van der Waals surface area (Å²) in [6.45, 7) is 2.58. The van der Waals surface area contributed by atoms with E-state index in [1.807, 2.05) is 13.1 Å². The first-order valence-corrected chi connectivity index (χ1v) is 10.5. The topological polar surface area (TPSA) is 68.7 Å². The molecule has 0 radical (unpaired) electrons. The summed E-state index contributed by atoms with van der Waals surface area (Å²) in [7, 11) is 2.04. The van der Waals surface area contributed by atoms with Crippen LogP contribution in [-0.2, 0) is 13.0 Å². The summed E-state index contributed by atoms with van der Waals surface area (Å²) in [5.41, 5.74) is 3.31. The molecule has 6 nitrogen and oxygen atoms in total. The quantitative estimate of drug-likeness (QED) is 0.754. The number of anilines is 1. The predicted octanol–water partition coefficient (Wildman–Crippen LogP) is 2.22. The Balaban J connectivity index is 1.27. The van der Waals surface area contributed by atoms with E-state index >= 15 is 0 Å². The van der Waals surface area contributed by atoms with Gasteiger partial charge in [0.2, 0.25) is 0 Å². The van der Waals surface area contributed by atoms with Crippen LogP contribution in [-0.4, -0.2) is 59.7 Å². The number of aliphatic hydroxyl groups excluding tert-OH is 1. The van der Waals surface area contributed by atoms with Crippen LogP contribution in [0.2, 0.25) is 0 Å². The van der Waals surface area contributed by atoms with E-state index in [9.17, 15) is 9.90 Å². The number of hydrogen-bond acceptors (Lipinski definition) is 5. The van der Waals surface area contributed by atoms with Crippen molar-refractivity contribution in [2.45, 2.75) is 44.4 Å². The molecular formula is C23H30N4O2. The highest BCUT2D eigenvalue weighted by Crippen LogP contribution is 2.27. The van der Waals surface area contributed by atoms with Crippen molar-refractivity contribution in [2.75, 3.05) is 31.6 Å². The first kappa shape index (κ1) is 19.9. The third kappa shape index (κ3) is 4.77. The molecule has 1 amide bonds. The van der Waals surface area contributed by atoms with Crippen molar-refractivity contribution in [2.24, 2.45) is 0 Å². The van der Waals surface area contributed by atoms with Gasteiger partial charge in [-0.15, -0.1) is 0 Å². The van der Waals surface area contributed by atoms with Gasteiger partial charge in [0, 0.05) is 51.0 Å². The van der Waals surface area contributed by atoms with E-state index in [0.29, 0.717) is 18.2 Å². The number of nitrogens with zero attached hydrogens (tertiary/aromatic N) is 3. The van der Waals surface area contributed by atoms with Gasteiger partial charge in [-0.25, -0.2) is 4.98 Å². The molecule has 1 aliphatic heterocycles. The summed E-state index contributed by atoms with van der Waals surface area (Å²) < 4.78 is 0. The van der Waals surface area contributed by atoms with Crippen LogP contribution in [0.3, 0.4) is 0 Å². The Bertz CT molecular complexity index is 852. The van der Waals surface area contributed by atoms with Crippen LogP contribution >= 0.6 is 0 Å². The van der Waals surface area contributed by atoms with Gasteiger partial charge < -0.3 is 15.3 Å². The summed E-state index contributed by atoms with van der Waals surface area (Å²) in [6, 6.07) is 12.5. The number of fused-ring (bicyclic) bond motifs is 1. The third-order valence-electron chi connectivity index (χ3n) is 6.17. The van der Waals surface area contributed by atoms with E-state index in [2.05, 4.69) is 44.4 Å². The zero-order chi connectivity index (χ0) is 20.2. The van der Waals surface area contributed by atoms with Crippen LogP contribution in [0.1, 0.15) is 40.7 Å². The molecule has 0 bridgehead atoms. The maximum absolute atomic E-state index is 12.6. The normalized spacial score (nSPS) is 17.9. The summed E-state index contributed by atoms with van der Waals surface area (Å²) in [4.78, 5) is 21.4. The van der Waals surface area contributed by atoms with Crippen molar-refractivity contribution in [3.8, 4) is 0 Å². The van der Waals surface area contributed by atoms with Gasteiger partial charge in [0.1, 0.15) is 5.82 Å². The largest absolute Gasteiger partial charge is 0.390 e. The first-order valence-electron chi connectivity index (χ1n) is 10.5. The summed E-state index contributed by atoms with van der Waals surface area (Å²) in [5.74, 6) is 0.661. The fourth-order valence-electron chi connectivity index (χ4n) is 4.10.